The van der Waals surface area contributed by atoms with Crippen LogP contribution >= 0.6 is 15.9 Å². The molecule has 4 aromatic carbocycles. The number of ether oxygens (including phenoxy) is 4. The van der Waals surface area contributed by atoms with E-state index in [9.17, 15) is 23.2 Å². The van der Waals surface area contributed by atoms with Crippen molar-refractivity contribution >= 4 is 33.6 Å². The molecule has 0 saturated heterocycles. The average molecular weight is 667 g/mol. The number of nitrogens with zero attached hydrogens (tertiary/aromatic N) is 1. The van der Waals surface area contributed by atoms with E-state index in [1.54, 1.807) is 37.4 Å². The van der Waals surface area contributed by atoms with Gasteiger partial charge >= 0.3 is 6.18 Å². The van der Waals surface area contributed by atoms with Gasteiger partial charge in [-0.15, -0.1) is 0 Å². The van der Waals surface area contributed by atoms with Crippen molar-refractivity contribution in [3.63, 3.8) is 0 Å². The van der Waals surface area contributed by atoms with Gasteiger partial charge in [0.05, 0.1) is 24.3 Å². The molecule has 0 atom stereocenters. The molecule has 1 amide bonds. The van der Waals surface area contributed by atoms with E-state index in [0.29, 0.717) is 39.6 Å². The van der Waals surface area contributed by atoms with E-state index in [4.69, 9.17) is 18.9 Å². The summed E-state index contributed by atoms with van der Waals surface area (Å²) in [6.07, 6.45) is -3.28. The summed E-state index contributed by atoms with van der Waals surface area (Å²) in [5.74, 6) is 0.949. The smallest absolute Gasteiger partial charge is 0.416 e. The maximum atomic E-state index is 13.0. The van der Waals surface area contributed by atoms with Crippen LogP contribution in [0.15, 0.2) is 95.0 Å². The lowest BCUT2D eigenvalue weighted by atomic mass is 10.1. The van der Waals surface area contributed by atoms with Crippen LogP contribution in [0.3, 0.4) is 0 Å². The van der Waals surface area contributed by atoms with Crippen molar-refractivity contribution < 1.29 is 36.9 Å². The van der Waals surface area contributed by atoms with E-state index in [2.05, 4.69) is 21.2 Å². The Morgan fingerprint density at radius 3 is 2.27 bits per heavy atom. The number of halogens is 4. The fraction of sp³-hybridized carbons (Fsp3) is 0.152. The van der Waals surface area contributed by atoms with E-state index >= 15 is 0 Å². The highest BCUT2D eigenvalue weighted by Gasteiger charge is 2.30. The van der Waals surface area contributed by atoms with Gasteiger partial charge in [0.1, 0.15) is 24.9 Å². The van der Waals surface area contributed by atoms with Crippen LogP contribution in [0.1, 0.15) is 22.3 Å². The number of nitrogens with one attached hydrogen (secondary N) is 1. The highest BCUT2D eigenvalue weighted by Crippen LogP contribution is 2.38. The van der Waals surface area contributed by atoms with Crippen LogP contribution in [-0.4, -0.2) is 20.1 Å². The molecule has 0 radical (unpaired) electrons. The van der Waals surface area contributed by atoms with Crippen molar-refractivity contribution in [3.8, 4) is 29.1 Å². The molecule has 0 aliphatic rings. The Kier molecular flexibility index (Phi) is 10.5. The number of hydrogen-bond donors (Lipinski definition) is 1. The fourth-order valence-corrected chi connectivity index (χ4v) is 4.64. The lowest BCUT2D eigenvalue weighted by Gasteiger charge is -2.15. The monoisotopic (exact) mass is 666 g/mol. The molecular formula is C33H26BrF3N2O5. The molecule has 7 nitrogen and oxygen atoms in total. The van der Waals surface area contributed by atoms with Gasteiger partial charge < -0.3 is 24.3 Å². The Morgan fingerprint density at radius 2 is 1.59 bits per heavy atom. The predicted molar refractivity (Wildman–Crippen MR) is 162 cm³/mol. The van der Waals surface area contributed by atoms with Gasteiger partial charge in [0.25, 0.3) is 5.91 Å². The van der Waals surface area contributed by atoms with Crippen molar-refractivity contribution in [1.82, 2.24) is 0 Å². The third-order valence-electron chi connectivity index (χ3n) is 6.22. The van der Waals surface area contributed by atoms with Gasteiger partial charge in [0, 0.05) is 5.69 Å². The SMILES string of the molecule is COc1cc(COc2c(Br)cc(/C=C(\C#N)C(=O)Nc3cccc(C(F)(F)F)c3)cc2OC)ccc1OCc1ccccc1. The number of anilines is 1. The van der Waals surface area contributed by atoms with Crippen molar-refractivity contribution in [3.05, 3.63) is 117 Å². The zero-order valence-corrected chi connectivity index (χ0v) is 25.2. The summed E-state index contributed by atoms with van der Waals surface area (Å²) in [6, 6.07) is 24.3. The van der Waals surface area contributed by atoms with E-state index < -0.39 is 17.6 Å². The normalized spacial score (nSPS) is 11.3. The first-order chi connectivity index (χ1) is 21.1. The molecule has 0 saturated carbocycles. The Labute approximate surface area is 260 Å². The van der Waals surface area contributed by atoms with Crippen molar-refractivity contribution in [1.29, 1.82) is 5.26 Å². The van der Waals surface area contributed by atoms with Crippen molar-refractivity contribution in [2.24, 2.45) is 0 Å². The maximum absolute atomic E-state index is 13.0. The lowest BCUT2D eigenvalue weighted by molar-refractivity contribution is -0.137. The van der Waals surface area contributed by atoms with Gasteiger partial charge in [-0.25, -0.2) is 0 Å². The standard InChI is InChI=1S/C33H26BrF3N2O5/c1-41-29-15-22(11-12-28(29)43-19-21-7-4-3-5-8-21)20-44-31-27(34)14-23(16-30(31)42-2)13-24(18-38)32(40)39-26-10-6-9-25(17-26)33(35,36)37/h3-17H,19-20H2,1-2H3,(H,39,40)/b24-13+. The Morgan fingerprint density at radius 1 is 0.864 bits per heavy atom. The lowest BCUT2D eigenvalue weighted by Crippen LogP contribution is -2.14. The second-order valence-electron chi connectivity index (χ2n) is 9.28. The van der Waals surface area contributed by atoms with Gasteiger partial charge in [-0.2, -0.15) is 18.4 Å². The molecule has 44 heavy (non-hydrogen) atoms. The summed E-state index contributed by atoms with van der Waals surface area (Å²) in [7, 11) is 2.99. The Balaban J connectivity index is 1.47. The first-order valence-corrected chi connectivity index (χ1v) is 13.8. The number of amides is 1. The van der Waals surface area contributed by atoms with E-state index in [0.717, 1.165) is 23.3 Å². The van der Waals surface area contributed by atoms with Crippen LogP contribution in [0.2, 0.25) is 0 Å². The fourth-order valence-electron chi connectivity index (χ4n) is 4.06. The van der Waals surface area contributed by atoms with Gasteiger partial charge in [0.2, 0.25) is 0 Å². The highest BCUT2D eigenvalue weighted by molar-refractivity contribution is 9.10. The third kappa shape index (κ3) is 8.33. The van der Waals surface area contributed by atoms with Crippen LogP contribution in [0.25, 0.3) is 6.08 Å². The molecule has 0 aliphatic heterocycles. The number of alkyl halides is 3. The summed E-state index contributed by atoms with van der Waals surface area (Å²) in [4.78, 5) is 12.7. The van der Waals surface area contributed by atoms with E-state index in [1.807, 2.05) is 36.4 Å². The van der Waals surface area contributed by atoms with Crippen LogP contribution in [0.5, 0.6) is 23.0 Å². The molecule has 0 bridgehead atoms. The summed E-state index contributed by atoms with van der Waals surface area (Å²) in [6.45, 7) is 0.542. The summed E-state index contributed by atoms with van der Waals surface area (Å²) < 4.78 is 62.5. The quantitative estimate of drug-likeness (QED) is 0.128. The Bertz CT molecular complexity index is 1700. The number of nitriles is 1. The minimum Gasteiger partial charge on any atom is -0.493 e. The molecule has 0 unspecified atom stereocenters. The summed E-state index contributed by atoms with van der Waals surface area (Å²) >= 11 is 3.46. The highest BCUT2D eigenvalue weighted by atomic mass is 79.9. The van der Waals surface area contributed by atoms with Gasteiger partial charge in [-0.05, 0) is 81.2 Å². The minimum atomic E-state index is -4.58. The van der Waals surface area contributed by atoms with Crippen LogP contribution in [-0.2, 0) is 24.2 Å². The van der Waals surface area contributed by atoms with Gasteiger partial charge in [0.15, 0.2) is 23.0 Å². The molecule has 0 fully saturated rings. The molecular weight excluding hydrogens is 641 g/mol. The molecule has 0 spiro atoms. The first-order valence-electron chi connectivity index (χ1n) is 13.1. The molecule has 1 N–H and O–H groups in total. The largest absolute Gasteiger partial charge is 0.493 e. The number of methoxy groups -OCH3 is 2. The van der Waals surface area contributed by atoms with Crippen molar-refractivity contribution in [2.75, 3.05) is 19.5 Å². The first kappa shape index (κ1) is 32.0. The zero-order valence-electron chi connectivity index (χ0n) is 23.6. The van der Waals surface area contributed by atoms with E-state index in [1.165, 1.54) is 25.3 Å². The number of hydrogen-bond acceptors (Lipinski definition) is 6. The summed E-state index contributed by atoms with van der Waals surface area (Å²) in [5.41, 5.74) is 0.888. The van der Waals surface area contributed by atoms with E-state index in [-0.39, 0.29) is 17.9 Å². The van der Waals surface area contributed by atoms with Crippen LogP contribution in [0, 0.1) is 11.3 Å². The molecule has 0 heterocycles. The van der Waals surface area contributed by atoms with Crippen LogP contribution in [0.4, 0.5) is 18.9 Å². The number of carbonyl (C=O) groups excluding carboxylic acids is 1. The van der Waals surface area contributed by atoms with Gasteiger partial charge in [-0.1, -0.05) is 42.5 Å². The van der Waals surface area contributed by atoms with Crippen molar-refractivity contribution in [2.45, 2.75) is 19.4 Å². The molecule has 0 aromatic heterocycles. The van der Waals surface area contributed by atoms with Crippen LogP contribution < -0.4 is 24.3 Å². The molecule has 11 heteroatoms. The molecule has 0 aliphatic carbocycles. The zero-order chi connectivity index (χ0) is 31.7. The summed E-state index contributed by atoms with van der Waals surface area (Å²) in [5, 5.41) is 11.9. The molecule has 4 aromatic rings. The second-order valence-corrected chi connectivity index (χ2v) is 10.1. The number of benzene rings is 4. The predicted octanol–water partition coefficient (Wildman–Crippen LogP) is 8.19. The molecule has 4 rings (SSSR count). The molecule has 226 valence electrons. The minimum absolute atomic E-state index is 0.0964. The average Bonchev–Trinajstić information content (AvgIpc) is 3.02. The Hall–Kier alpha value is -4.95. The topological polar surface area (TPSA) is 89.8 Å². The number of carbonyl (C=O) groups is 1. The second kappa shape index (κ2) is 14.5. The third-order valence-corrected chi connectivity index (χ3v) is 6.81. The number of rotatable bonds is 11. The van der Waals surface area contributed by atoms with Gasteiger partial charge in [-0.3, -0.25) is 4.79 Å². The maximum Gasteiger partial charge on any atom is 0.416 e.